The summed E-state index contributed by atoms with van der Waals surface area (Å²) in [5, 5.41) is 48.7. The van der Waals surface area contributed by atoms with Gasteiger partial charge in [-0.15, -0.1) is 0 Å². The van der Waals surface area contributed by atoms with E-state index in [2.05, 4.69) is 9.88 Å². The molecular weight excluding hydrogens is 632 g/mol. The lowest BCUT2D eigenvalue weighted by Crippen LogP contribution is -2.63. The third kappa shape index (κ3) is 4.64. The Labute approximate surface area is 268 Å². The number of rotatable bonds is 6. The first-order valence-electron chi connectivity index (χ1n) is 14.6. The number of phenols is 1. The van der Waals surface area contributed by atoms with Crippen LogP contribution in [-0.4, -0.2) is 82.1 Å². The van der Waals surface area contributed by atoms with E-state index in [0.29, 0.717) is 16.7 Å². The molecule has 0 aliphatic heterocycles. The molecule has 15 heteroatoms. The second-order valence-corrected chi connectivity index (χ2v) is 13.9. The van der Waals surface area contributed by atoms with Crippen molar-refractivity contribution >= 4 is 33.2 Å². The largest absolute Gasteiger partial charge is 0.510 e. The molecule has 47 heavy (non-hydrogen) atoms. The topological polar surface area (TPSA) is 234 Å². The summed E-state index contributed by atoms with van der Waals surface area (Å²) in [5.74, 6) is -7.16. The summed E-state index contributed by atoms with van der Waals surface area (Å²) < 4.78 is 33.4. The van der Waals surface area contributed by atoms with E-state index in [4.69, 9.17) is 10.3 Å². The monoisotopic (exact) mass is 664 g/mol. The molecule has 0 saturated carbocycles. The predicted molar refractivity (Wildman–Crippen MR) is 166 cm³/mol. The van der Waals surface area contributed by atoms with Crippen LogP contribution in [0.4, 0.5) is 5.69 Å². The zero-order valence-corrected chi connectivity index (χ0v) is 26.5. The average molecular weight is 665 g/mol. The number of benzene rings is 2. The second kappa shape index (κ2) is 10.8. The molecule has 1 heterocycles. The number of ketones is 2. The molecule has 1 aromatic heterocycles. The molecule has 1 unspecified atom stereocenters. The highest BCUT2D eigenvalue weighted by Gasteiger charge is 2.63. The molecule has 246 valence electrons. The van der Waals surface area contributed by atoms with Crippen LogP contribution in [0, 0.1) is 25.7 Å². The van der Waals surface area contributed by atoms with Gasteiger partial charge in [-0.05, 0) is 81.6 Å². The van der Waals surface area contributed by atoms with Crippen LogP contribution in [0.5, 0.6) is 5.75 Å². The Morgan fingerprint density at radius 3 is 2.32 bits per heavy atom. The summed E-state index contributed by atoms with van der Waals surface area (Å²) in [6.45, 7) is 3.01. The number of likely N-dealkylation sites (N-methyl/N-ethyl adjacent to an activating group) is 1. The number of fused-ring (bicyclic) bond motifs is 3. The lowest BCUT2D eigenvalue weighted by atomic mass is 9.58. The fourth-order valence-corrected chi connectivity index (χ4v) is 8.69. The molecule has 3 aromatic rings. The zero-order valence-electron chi connectivity index (χ0n) is 25.7. The van der Waals surface area contributed by atoms with Gasteiger partial charge in [0.2, 0.25) is 5.78 Å². The van der Waals surface area contributed by atoms with E-state index in [1.165, 1.54) is 36.9 Å². The van der Waals surface area contributed by atoms with Gasteiger partial charge in [0.1, 0.15) is 28.5 Å². The van der Waals surface area contributed by atoms with Crippen molar-refractivity contribution in [1.82, 2.24) is 10.1 Å². The van der Waals surface area contributed by atoms with Gasteiger partial charge in [0.15, 0.2) is 22.0 Å². The first-order chi connectivity index (χ1) is 22.0. The van der Waals surface area contributed by atoms with Crippen LogP contribution in [-0.2, 0) is 26.0 Å². The van der Waals surface area contributed by atoms with E-state index in [0.717, 1.165) is 0 Å². The minimum Gasteiger partial charge on any atom is -0.510 e. The fourth-order valence-electron chi connectivity index (χ4n) is 7.30. The van der Waals surface area contributed by atoms with E-state index in [1.54, 1.807) is 32.3 Å². The molecular formula is C32H32N4O10S. The van der Waals surface area contributed by atoms with E-state index in [9.17, 15) is 43.2 Å². The molecule has 0 spiro atoms. The number of nitrogens with one attached hydrogen (secondary N) is 1. The number of nitrogens with two attached hydrogens (primary N) is 1. The minimum atomic E-state index is -4.00. The molecule has 2 aromatic carbocycles. The summed E-state index contributed by atoms with van der Waals surface area (Å²) >= 11 is 0. The third-order valence-corrected chi connectivity index (χ3v) is 10.9. The first-order valence-corrected chi connectivity index (χ1v) is 16.0. The van der Waals surface area contributed by atoms with Gasteiger partial charge in [-0.2, -0.15) is 0 Å². The van der Waals surface area contributed by atoms with Crippen molar-refractivity contribution < 1.29 is 47.8 Å². The Morgan fingerprint density at radius 1 is 1.09 bits per heavy atom. The highest BCUT2D eigenvalue weighted by atomic mass is 32.2. The molecule has 1 amide bonds. The van der Waals surface area contributed by atoms with Crippen LogP contribution < -0.4 is 10.5 Å². The number of hydrogen-bond acceptors (Lipinski definition) is 12. The van der Waals surface area contributed by atoms with Crippen molar-refractivity contribution in [2.45, 2.75) is 43.2 Å². The average Bonchev–Trinajstić information content (AvgIpc) is 3.33. The molecule has 4 atom stereocenters. The minimum absolute atomic E-state index is 0.0523. The summed E-state index contributed by atoms with van der Waals surface area (Å²) in [7, 11) is -0.889. The Balaban J connectivity index is 1.41. The predicted octanol–water partition coefficient (Wildman–Crippen LogP) is 2.19. The number of primary amides is 1. The molecule has 0 bridgehead atoms. The van der Waals surface area contributed by atoms with Gasteiger partial charge in [0.05, 0.1) is 11.6 Å². The number of sulfonamides is 1. The van der Waals surface area contributed by atoms with Crippen LogP contribution in [0.25, 0.3) is 11.1 Å². The van der Waals surface area contributed by atoms with Gasteiger partial charge in [0, 0.05) is 17.2 Å². The Bertz CT molecular complexity index is 2040. The van der Waals surface area contributed by atoms with Gasteiger partial charge in [-0.3, -0.25) is 24.0 Å². The third-order valence-electron chi connectivity index (χ3n) is 9.29. The summed E-state index contributed by atoms with van der Waals surface area (Å²) in [6, 6.07) is 8.16. The summed E-state index contributed by atoms with van der Waals surface area (Å²) in [4.78, 5) is 41.1. The van der Waals surface area contributed by atoms with Crippen LogP contribution in [0.2, 0.25) is 0 Å². The maximum Gasteiger partial charge on any atom is 0.267 e. The van der Waals surface area contributed by atoms with Crippen LogP contribution in [0.15, 0.2) is 68.5 Å². The Kier molecular flexibility index (Phi) is 7.34. The van der Waals surface area contributed by atoms with Crippen molar-refractivity contribution in [2.75, 3.05) is 18.8 Å². The van der Waals surface area contributed by atoms with Crippen LogP contribution >= 0.6 is 0 Å². The number of anilines is 1. The molecule has 0 saturated heterocycles. The van der Waals surface area contributed by atoms with Gasteiger partial charge in [-0.1, -0.05) is 23.4 Å². The highest BCUT2D eigenvalue weighted by molar-refractivity contribution is 7.92. The second-order valence-electron chi connectivity index (χ2n) is 12.3. The summed E-state index contributed by atoms with van der Waals surface area (Å²) in [5.41, 5.74) is 3.41. The van der Waals surface area contributed by atoms with E-state index < -0.39 is 68.1 Å². The number of aryl methyl sites for hydroxylation is 2. The van der Waals surface area contributed by atoms with Gasteiger partial charge in [-0.25, -0.2) is 8.42 Å². The highest BCUT2D eigenvalue weighted by Crippen LogP contribution is 2.53. The van der Waals surface area contributed by atoms with Crippen molar-refractivity contribution in [3.05, 3.63) is 81.6 Å². The molecule has 0 radical (unpaired) electrons. The SMILES string of the molecule is Cc1noc(C)c1S(=O)(=O)Nc1ccc(-c2ccc(O)c3c2C[C@H]2C[C@@H]4C(N(C)C)C(O)=C(C(N)=O)C(=O)[C@@]4(O)C(O)=C2C3=O)cc1. The van der Waals surface area contributed by atoms with Gasteiger partial charge in [0.25, 0.3) is 15.9 Å². The maximum absolute atomic E-state index is 14.0. The molecule has 3 aliphatic rings. The normalized spacial score (nSPS) is 24.3. The number of nitrogens with zero attached hydrogens (tertiary/aromatic N) is 2. The number of aromatic hydroxyl groups is 1. The number of aliphatic hydroxyl groups is 3. The van der Waals surface area contributed by atoms with Crippen molar-refractivity contribution in [1.29, 1.82) is 0 Å². The fraction of sp³-hybridized carbons (Fsp3) is 0.312. The Hall–Kier alpha value is -4.99. The van der Waals surface area contributed by atoms with E-state index >= 15 is 0 Å². The zero-order chi connectivity index (χ0) is 34.3. The molecule has 3 aliphatic carbocycles. The smallest absolute Gasteiger partial charge is 0.267 e. The first kappa shape index (κ1) is 32.0. The number of aromatic nitrogens is 1. The van der Waals surface area contributed by atoms with Gasteiger partial charge < -0.3 is 30.7 Å². The molecule has 0 fully saturated rings. The number of amides is 1. The van der Waals surface area contributed by atoms with Gasteiger partial charge >= 0.3 is 0 Å². The van der Waals surface area contributed by atoms with Crippen LogP contribution in [0.3, 0.4) is 0 Å². The Morgan fingerprint density at radius 2 is 1.74 bits per heavy atom. The number of Topliss-reactive ketones (excluding diaryl/α,β-unsaturated/α-hetero) is 2. The number of carbonyl (C=O) groups is 3. The van der Waals surface area contributed by atoms with Crippen molar-refractivity contribution in [3.8, 4) is 16.9 Å². The maximum atomic E-state index is 14.0. The lowest BCUT2D eigenvalue weighted by molar-refractivity contribution is -0.148. The van der Waals surface area contributed by atoms with Crippen LogP contribution in [0.1, 0.15) is 33.8 Å². The molecule has 7 N–H and O–H groups in total. The number of carbonyl (C=O) groups excluding carboxylic acids is 3. The van der Waals surface area contributed by atoms with E-state index in [1.807, 2.05) is 0 Å². The number of allylic oxidation sites excluding steroid dienone is 1. The number of phenolic OH excluding ortho intramolecular Hbond substituents is 1. The molecule has 14 nitrogen and oxygen atoms in total. The standard InChI is InChI=1S/C32H32N4O10S/c1-13-28(14(2)46-34-13)47(44,45)35-17-7-5-15(6-8-17)18-9-10-21(37)23-19(18)11-16-12-20-25(36(3)4)27(39)24(31(33)42)30(41)32(20,43)29(40)22(16)26(23)38/h5-10,16,20,25,35,37,39-40,43H,11-12H2,1-4H3,(H2,33,42)/t16-,20+,25?,32-/m0/s1. The molecule has 6 rings (SSSR count). The summed E-state index contributed by atoms with van der Waals surface area (Å²) in [6.07, 6.45) is 0.0436. The number of aliphatic hydroxyl groups excluding tert-OH is 2. The van der Waals surface area contributed by atoms with E-state index in [-0.39, 0.29) is 51.8 Å². The lowest BCUT2D eigenvalue weighted by Gasteiger charge is -2.50. The quantitative estimate of drug-likeness (QED) is 0.208. The number of hydrogen-bond donors (Lipinski definition) is 6. The van der Waals surface area contributed by atoms with Crippen molar-refractivity contribution in [2.24, 2.45) is 17.6 Å². The van der Waals surface area contributed by atoms with Crippen molar-refractivity contribution in [3.63, 3.8) is 0 Å².